The highest BCUT2D eigenvalue weighted by Crippen LogP contribution is 2.35. The Morgan fingerprint density at radius 2 is 1.89 bits per heavy atom. The van der Waals surface area contributed by atoms with Crippen molar-refractivity contribution in [3.8, 4) is 0 Å². The predicted octanol–water partition coefficient (Wildman–Crippen LogP) is 3.11. The molecule has 10 heteroatoms. The Balaban J connectivity index is 1.55. The van der Waals surface area contributed by atoms with Crippen LogP contribution in [0.25, 0.3) is 11.7 Å². The summed E-state index contributed by atoms with van der Waals surface area (Å²) in [5.74, 6) is -0.233. The van der Waals surface area contributed by atoms with E-state index in [0.717, 1.165) is 11.1 Å². The van der Waals surface area contributed by atoms with E-state index in [9.17, 15) is 14.4 Å². The van der Waals surface area contributed by atoms with Crippen molar-refractivity contribution in [2.45, 2.75) is 26.3 Å². The zero-order valence-corrected chi connectivity index (χ0v) is 21.3. The van der Waals surface area contributed by atoms with E-state index in [1.54, 1.807) is 23.2 Å². The van der Waals surface area contributed by atoms with Gasteiger partial charge in [-0.3, -0.25) is 23.7 Å². The first-order valence-corrected chi connectivity index (χ1v) is 12.9. The molecule has 0 atom stereocenters. The van der Waals surface area contributed by atoms with Gasteiger partial charge in [0, 0.05) is 25.2 Å². The zero-order valence-electron chi connectivity index (χ0n) is 19.7. The molecule has 0 radical (unpaired) electrons. The van der Waals surface area contributed by atoms with E-state index in [-0.39, 0.29) is 23.3 Å². The molecule has 2 saturated heterocycles. The van der Waals surface area contributed by atoms with Crippen molar-refractivity contribution in [3.63, 3.8) is 0 Å². The number of amides is 2. The zero-order chi connectivity index (χ0) is 25.4. The molecule has 0 aliphatic carbocycles. The molecule has 2 aromatic heterocycles. The fourth-order valence-corrected chi connectivity index (χ4v) is 5.76. The number of pyridine rings is 1. The maximum Gasteiger partial charge on any atom is 0.267 e. The van der Waals surface area contributed by atoms with Crippen molar-refractivity contribution in [2.24, 2.45) is 11.7 Å². The van der Waals surface area contributed by atoms with Crippen molar-refractivity contribution in [1.29, 1.82) is 0 Å². The van der Waals surface area contributed by atoms with Gasteiger partial charge in [-0.15, -0.1) is 0 Å². The summed E-state index contributed by atoms with van der Waals surface area (Å²) in [7, 11) is 0. The van der Waals surface area contributed by atoms with Crippen LogP contribution in [0.1, 0.15) is 29.5 Å². The number of piperidine rings is 1. The van der Waals surface area contributed by atoms with Crippen molar-refractivity contribution < 1.29 is 9.59 Å². The highest BCUT2D eigenvalue weighted by atomic mass is 32.2. The number of thiocarbonyl (C=S) groups is 1. The average Bonchev–Trinajstić information content (AvgIpc) is 3.14. The number of aromatic nitrogens is 2. The van der Waals surface area contributed by atoms with Gasteiger partial charge in [-0.2, -0.15) is 0 Å². The number of anilines is 1. The third-order valence-electron chi connectivity index (χ3n) is 6.51. The quantitative estimate of drug-likeness (QED) is 0.408. The van der Waals surface area contributed by atoms with Gasteiger partial charge in [-0.1, -0.05) is 60.4 Å². The number of thioether (sulfide) groups is 1. The molecule has 3 aromatic rings. The Kier molecular flexibility index (Phi) is 6.63. The van der Waals surface area contributed by atoms with E-state index >= 15 is 0 Å². The molecule has 184 valence electrons. The molecule has 2 fully saturated rings. The topological polar surface area (TPSA) is 101 Å². The summed E-state index contributed by atoms with van der Waals surface area (Å²) in [6.45, 7) is 3.35. The number of aryl methyl sites for hydroxylation is 1. The third kappa shape index (κ3) is 4.66. The van der Waals surface area contributed by atoms with Gasteiger partial charge >= 0.3 is 0 Å². The van der Waals surface area contributed by atoms with Crippen LogP contribution in [0.4, 0.5) is 5.82 Å². The average molecular weight is 520 g/mol. The monoisotopic (exact) mass is 519 g/mol. The number of nitrogens with zero attached hydrogens (tertiary/aromatic N) is 4. The van der Waals surface area contributed by atoms with Gasteiger partial charge in [-0.25, -0.2) is 4.98 Å². The molecule has 8 nitrogen and oxygen atoms in total. The molecular formula is C26H25N5O3S2. The van der Waals surface area contributed by atoms with E-state index < -0.39 is 0 Å². The lowest BCUT2D eigenvalue weighted by atomic mass is 9.96. The Bertz CT molecular complexity index is 1460. The number of carbonyl (C=O) groups is 2. The first-order valence-electron chi connectivity index (χ1n) is 11.7. The second kappa shape index (κ2) is 9.87. The van der Waals surface area contributed by atoms with Gasteiger partial charge in [0.05, 0.1) is 17.0 Å². The molecule has 4 heterocycles. The maximum absolute atomic E-state index is 13.7. The summed E-state index contributed by atoms with van der Waals surface area (Å²) in [5, 5.41) is 0. The Hall–Kier alpha value is -3.50. The van der Waals surface area contributed by atoms with Gasteiger partial charge in [-0.05, 0) is 43.0 Å². The molecule has 0 unspecified atom stereocenters. The second-order valence-corrected chi connectivity index (χ2v) is 10.7. The molecule has 2 aliphatic rings. The van der Waals surface area contributed by atoms with Crippen LogP contribution in [0.3, 0.4) is 0 Å². The van der Waals surface area contributed by atoms with Crippen LogP contribution >= 0.6 is 24.0 Å². The Morgan fingerprint density at radius 3 is 2.58 bits per heavy atom. The number of rotatable bonds is 5. The van der Waals surface area contributed by atoms with Crippen molar-refractivity contribution in [2.75, 3.05) is 18.0 Å². The number of hydrogen-bond acceptors (Lipinski definition) is 7. The molecule has 1 aromatic carbocycles. The molecule has 0 bridgehead atoms. The van der Waals surface area contributed by atoms with Crippen molar-refractivity contribution >= 4 is 57.7 Å². The standard InChI is InChI=1S/C26H25N5O3S2/c1-16-7-8-21-28-23(29-11-9-18(10-12-29)22(27)32)19(24(33)30(21)14-16)13-20-25(34)31(26(35)36-20)15-17-5-3-2-4-6-17/h2-8,13-14,18H,9-12,15H2,1H3,(H2,27,32)/b20-13+. The number of hydrogen-bond donors (Lipinski definition) is 1. The van der Waals surface area contributed by atoms with Gasteiger partial charge in [0.2, 0.25) is 5.91 Å². The highest BCUT2D eigenvalue weighted by molar-refractivity contribution is 8.26. The minimum absolute atomic E-state index is 0.192. The maximum atomic E-state index is 13.7. The fourth-order valence-electron chi connectivity index (χ4n) is 4.52. The van der Waals surface area contributed by atoms with Crippen molar-refractivity contribution in [3.05, 3.63) is 80.6 Å². The van der Waals surface area contributed by atoms with Gasteiger partial charge < -0.3 is 10.6 Å². The molecule has 0 spiro atoms. The van der Waals surface area contributed by atoms with Gasteiger partial charge in [0.1, 0.15) is 15.8 Å². The van der Waals surface area contributed by atoms with Gasteiger partial charge in [0.15, 0.2) is 0 Å². The number of carbonyl (C=O) groups excluding carboxylic acids is 2. The van der Waals surface area contributed by atoms with E-state index in [1.165, 1.54) is 16.2 Å². The number of nitrogens with two attached hydrogens (primary N) is 1. The number of benzene rings is 1. The summed E-state index contributed by atoms with van der Waals surface area (Å²) < 4.78 is 1.95. The lowest BCUT2D eigenvalue weighted by Crippen LogP contribution is -2.40. The summed E-state index contributed by atoms with van der Waals surface area (Å²) in [6, 6.07) is 13.3. The first kappa shape index (κ1) is 24.2. The van der Waals surface area contributed by atoms with E-state index in [2.05, 4.69) is 0 Å². The Labute approximate surface area is 217 Å². The summed E-state index contributed by atoms with van der Waals surface area (Å²) in [6.07, 6.45) is 4.53. The normalized spacial score (nSPS) is 18.0. The summed E-state index contributed by atoms with van der Waals surface area (Å²) in [4.78, 5) is 47.4. The molecule has 0 saturated carbocycles. The second-order valence-electron chi connectivity index (χ2n) is 9.01. The highest BCUT2D eigenvalue weighted by Gasteiger charge is 2.33. The van der Waals surface area contributed by atoms with Crippen LogP contribution in [-0.2, 0) is 16.1 Å². The number of primary amides is 1. The first-order chi connectivity index (χ1) is 17.3. The predicted molar refractivity (Wildman–Crippen MR) is 145 cm³/mol. The molecule has 2 N–H and O–H groups in total. The number of fused-ring (bicyclic) bond motifs is 1. The minimum Gasteiger partial charge on any atom is -0.369 e. The smallest absolute Gasteiger partial charge is 0.267 e. The van der Waals surface area contributed by atoms with E-state index in [4.69, 9.17) is 22.9 Å². The molecule has 2 aliphatic heterocycles. The van der Waals surface area contributed by atoms with E-state index in [0.29, 0.717) is 58.7 Å². The molecular weight excluding hydrogens is 494 g/mol. The lowest BCUT2D eigenvalue weighted by molar-refractivity contribution is -0.123. The van der Waals surface area contributed by atoms with Crippen molar-refractivity contribution in [1.82, 2.24) is 14.3 Å². The fraction of sp³-hybridized carbons (Fsp3) is 0.269. The van der Waals surface area contributed by atoms with Crippen LogP contribution in [0, 0.1) is 12.8 Å². The summed E-state index contributed by atoms with van der Waals surface area (Å²) >= 11 is 6.69. The molecule has 5 rings (SSSR count). The van der Waals surface area contributed by atoms with Crippen LogP contribution in [0.2, 0.25) is 0 Å². The largest absolute Gasteiger partial charge is 0.369 e. The summed E-state index contributed by atoms with van der Waals surface area (Å²) in [5.41, 5.74) is 7.98. The third-order valence-corrected chi connectivity index (χ3v) is 7.89. The van der Waals surface area contributed by atoms with Crippen LogP contribution in [0.5, 0.6) is 0 Å². The Morgan fingerprint density at radius 1 is 1.17 bits per heavy atom. The van der Waals surface area contributed by atoms with Gasteiger partial charge in [0.25, 0.3) is 11.5 Å². The van der Waals surface area contributed by atoms with Crippen LogP contribution in [0.15, 0.2) is 58.4 Å². The van der Waals surface area contributed by atoms with Crippen LogP contribution in [-0.4, -0.2) is 43.5 Å². The minimum atomic E-state index is -0.307. The molecule has 2 amide bonds. The van der Waals surface area contributed by atoms with E-state index in [1.807, 2.05) is 48.2 Å². The lowest BCUT2D eigenvalue weighted by Gasteiger charge is -2.32. The molecule has 36 heavy (non-hydrogen) atoms. The van der Waals surface area contributed by atoms with Crippen LogP contribution < -0.4 is 16.2 Å². The SMILES string of the molecule is Cc1ccc2nc(N3CCC(C(N)=O)CC3)c(/C=C3/SC(=S)N(Cc4ccccc4)C3=O)c(=O)n2c1.